The largest absolute Gasteiger partial charge is 0.350 e. The van der Waals surface area contributed by atoms with Crippen LogP contribution >= 0.6 is 11.8 Å². The summed E-state index contributed by atoms with van der Waals surface area (Å²) in [5.41, 5.74) is 6.41. The second-order valence-corrected chi connectivity index (χ2v) is 8.66. The van der Waals surface area contributed by atoms with Gasteiger partial charge in [-0.1, -0.05) is 37.5 Å². The number of hydrogen-bond donors (Lipinski definition) is 3. The minimum absolute atomic E-state index is 0.0316. The lowest BCUT2D eigenvalue weighted by atomic mass is 9.84. The minimum Gasteiger partial charge on any atom is -0.350 e. The van der Waals surface area contributed by atoms with Crippen molar-refractivity contribution in [3.05, 3.63) is 35.6 Å². The summed E-state index contributed by atoms with van der Waals surface area (Å²) in [4.78, 5) is 25.0. The molecule has 0 bridgehead atoms. The highest BCUT2D eigenvalue weighted by atomic mass is 32.2. The standard InChI is InChI=1S/C20H28FN3O2S/c21-15-9-5-4-8-14(15)10-18-20(26)24-17(12-27-18)19(25)23-16(11-22)13-6-2-1-3-7-13/h4-5,8-9,13,16-18H,1-3,6-7,10-12,22H2,(H,23,25)(H,24,26). The van der Waals surface area contributed by atoms with Crippen LogP contribution in [0.15, 0.2) is 24.3 Å². The summed E-state index contributed by atoms with van der Waals surface area (Å²) < 4.78 is 13.8. The Bertz CT molecular complexity index is 666. The van der Waals surface area contributed by atoms with Crippen LogP contribution < -0.4 is 16.4 Å². The Kier molecular flexibility index (Phi) is 7.13. The van der Waals surface area contributed by atoms with Crippen molar-refractivity contribution in [3.8, 4) is 0 Å². The van der Waals surface area contributed by atoms with Crippen molar-refractivity contribution in [1.29, 1.82) is 0 Å². The molecule has 2 fully saturated rings. The van der Waals surface area contributed by atoms with E-state index >= 15 is 0 Å². The highest BCUT2D eigenvalue weighted by Gasteiger charge is 2.34. The Morgan fingerprint density at radius 1 is 1.30 bits per heavy atom. The number of carbonyl (C=O) groups is 2. The average molecular weight is 394 g/mol. The molecule has 0 spiro atoms. The number of rotatable bonds is 6. The maximum atomic E-state index is 13.8. The number of carbonyl (C=O) groups excluding carboxylic acids is 2. The molecule has 27 heavy (non-hydrogen) atoms. The molecule has 4 N–H and O–H groups in total. The lowest BCUT2D eigenvalue weighted by Crippen LogP contribution is -2.58. The lowest BCUT2D eigenvalue weighted by Gasteiger charge is -2.33. The van der Waals surface area contributed by atoms with Crippen molar-refractivity contribution >= 4 is 23.6 Å². The van der Waals surface area contributed by atoms with Gasteiger partial charge in [-0.2, -0.15) is 0 Å². The number of hydrogen-bond acceptors (Lipinski definition) is 4. The fourth-order valence-electron chi connectivity index (χ4n) is 3.94. The van der Waals surface area contributed by atoms with E-state index in [0.717, 1.165) is 12.8 Å². The van der Waals surface area contributed by atoms with Gasteiger partial charge in [-0.15, -0.1) is 11.8 Å². The van der Waals surface area contributed by atoms with Crippen molar-refractivity contribution in [2.24, 2.45) is 11.7 Å². The predicted octanol–water partition coefficient (Wildman–Crippen LogP) is 1.99. The molecule has 0 aromatic heterocycles. The van der Waals surface area contributed by atoms with Gasteiger partial charge in [0.2, 0.25) is 11.8 Å². The molecule has 1 heterocycles. The van der Waals surface area contributed by atoms with Crippen molar-refractivity contribution in [1.82, 2.24) is 10.6 Å². The van der Waals surface area contributed by atoms with Gasteiger partial charge in [-0.25, -0.2) is 4.39 Å². The number of amides is 2. The van der Waals surface area contributed by atoms with Crippen LogP contribution in [0, 0.1) is 11.7 Å². The first-order valence-electron chi connectivity index (χ1n) is 9.74. The van der Waals surface area contributed by atoms with Crippen LogP contribution in [0.2, 0.25) is 0 Å². The van der Waals surface area contributed by atoms with Gasteiger partial charge in [0, 0.05) is 18.3 Å². The van der Waals surface area contributed by atoms with Gasteiger partial charge < -0.3 is 16.4 Å². The molecule has 1 aromatic carbocycles. The molecule has 2 amide bonds. The molecule has 1 saturated carbocycles. The zero-order valence-electron chi connectivity index (χ0n) is 15.5. The van der Waals surface area contributed by atoms with Crippen molar-refractivity contribution < 1.29 is 14.0 Å². The summed E-state index contributed by atoms with van der Waals surface area (Å²) in [7, 11) is 0. The molecule has 2 aliphatic rings. The van der Waals surface area contributed by atoms with Gasteiger partial charge in [0.1, 0.15) is 11.9 Å². The number of nitrogens with one attached hydrogen (secondary N) is 2. The summed E-state index contributed by atoms with van der Waals surface area (Å²) in [6.07, 6.45) is 6.14. The van der Waals surface area contributed by atoms with Gasteiger partial charge >= 0.3 is 0 Å². The van der Waals surface area contributed by atoms with E-state index in [4.69, 9.17) is 5.73 Å². The second kappa shape index (κ2) is 9.55. The van der Waals surface area contributed by atoms with Gasteiger partial charge in [-0.05, 0) is 36.8 Å². The predicted molar refractivity (Wildman–Crippen MR) is 106 cm³/mol. The van der Waals surface area contributed by atoms with Gasteiger partial charge in [-0.3, -0.25) is 9.59 Å². The number of nitrogens with two attached hydrogens (primary N) is 1. The monoisotopic (exact) mass is 393 g/mol. The van der Waals surface area contributed by atoms with E-state index in [1.54, 1.807) is 18.2 Å². The summed E-state index contributed by atoms with van der Waals surface area (Å²) in [5.74, 6) is 0.230. The molecular weight excluding hydrogens is 365 g/mol. The van der Waals surface area contributed by atoms with E-state index in [1.807, 2.05) is 0 Å². The molecule has 1 saturated heterocycles. The third-order valence-corrected chi connectivity index (χ3v) is 6.86. The zero-order chi connectivity index (χ0) is 19.2. The highest BCUT2D eigenvalue weighted by Crippen LogP contribution is 2.27. The van der Waals surface area contributed by atoms with Crippen LogP contribution in [0.4, 0.5) is 4.39 Å². The van der Waals surface area contributed by atoms with Crippen molar-refractivity contribution in [3.63, 3.8) is 0 Å². The fourth-order valence-corrected chi connectivity index (χ4v) is 5.12. The van der Waals surface area contributed by atoms with Crippen molar-refractivity contribution in [2.75, 3.05) is 12.3 Å². The first-order chi connectivity index (χ1) is 13.1. The fraction of sp³-hybridized carbons (Fsp3) is 0.600. The maximum Gasteiger partial charge on any atom is 0.243 e. The van der Waals surface area contributed by atoms with Crippen LogP contribution in [-0.2, 0) is 16.0 Å². The van der Waals surface area contributed by atoms with Crippen LogP contribution in [-0.4, -0.2) is 41.4 Å². The third-order valence-electron chi connectivity index (χ3n) is 5.55. The maximum absolute atomic E-state index is 13.8. The molecule has 3 unspecified atom stereocenters. The third kappa shape index (κ3) is 5.23. The van der Waals surface area contributed by atoms with E-state index in [2.05, 4.69) is 10.6 Å². The van der Waals surface area contributed by atoms with E-state index in [9.17, 15) is 14.0 Å². The normalized spacial score (nSPS) is 24.9. The summed E-state index contributed by atoms with van der Waals surface area (Å²) in [6, 6.07) is 5.90. The second-order valence-electron chi connectivity index (χ2n) is 7.43. The molecule has 1 aliphatic carbocycles. The SMILES string of the molecule is NCC(NC(=O)C1CSC(Cc2ccccc2F)C(=O)N1)C1CCCCC1. The Labute approximate surface area is 164 Å². The number of thioether (sulfide) groups is 1. The molecule has 7 heteroatoms. The molecular formula is C20H28FN3O2S. The van der Waals surface area contributed by atoms with E-state index in [0.29, 0.717) is 30.2 Å². The molecule has 1 aliphatic heterocycles. The van der Waals surface area contributed by atoms with Gasteiger partial charge in [0.05, 0.1) is 5.25 Å². The van der Waals surface area contributed by atoms with E-state index < -0.39 is 6.04 Å². The minimum atomic E-state index is -0.558. The van der Waals surface area contributed by atoms with Crippen molar-refractivity contribution in [2.45, 2.75) is 55.9 Å². The van der Waals surface area contributed by atoms with Crippen LogP contribution in [0.1, 0.15) is 37.7 Å². The number of halogens is 1. The number of benzene rings is 1. The van der Waals surface area contributed by atoms with E-state index in [-0.39, 0.29) is 28.9 Å². The molecule has 3 atom stereocenters. The first-order valence-corrected chi connectivity index (χ1v) is 10.8. The highest BCUT2D eigenvalue weighted by molar-refractivity contribution is 8.00. The van der Waals surface area contributed by atoms with E-state index in [1.165, 1.54) is 37.1 Å². The Hall–Kier alpha value is -1.60. The molecule has 0 radical (unpaired) electrons. The summed E-state index contributed by atoms with van der Waals surface area (Å²) >= 11 is 1.41. The van der Waals surface area contributed by atoms with Crippen LogP contribution in [0.25, 0.3) is 0 Å². The average Bonchev–Trinajstić information content (AvgIpc) is 2.69. The summed E-state index contributed by atoms with van der Waals surface area (Å²) in [6.45, 7) is 0.417. The van der Waals surface area contributed by atoms with Crippen LogP contribution in [0.3, 0.4) is 0 Å². The molecule has 5 nitrogen and oxygen atoms in total. The summed E-state index contributed by atoms with van der Waals surface area (Å²) in [5, 5.41) is 5.47. The molecule has 1 aromatic rings. The van der Waals surface area contributed by atoms with Gasteiger partial charge in [0.15, 0.2) is 0 Å². The Morgan fingerprint density at radius 2 is 2.04 bits per heavy atom. The lowest BCUT2D eigenvalue weighted by molar-refractivity contribution is -0.129. The first kappa shape index (κ1) is 20.1. The topological polar surface area (TPSA) is 84.2 Å². The smallest absolute Gasteiger partial charge is 0.243 e. The molecule has 3 rings (SSSR count). The Morgan fingerprint density at radius 3 is 2.70 bits per heavy atom. The Balaban J connectivity index is 1.53. The quantitative estimate of drug-likeness (QED) is 0.690. The van der Waals surface area contributed by atoms with Crippen LogP contribution in [0.5, 0.6) is 0 Å². The van der Waals surface area contributed by atoms with Gasteiger partial charge in [0.25, 0.3) is 0 Å². The zero-order valence-corrected chi connectivity index (χ0v) is 16.3. The molecule has 148 valence electrons.